The third kappa shape index (κ3) is 6.28. The van der Waals surface area contributed by atoms with E-state index in [1.54, 1.807) is 37.6 Å². The van der Waals surface area contributed by atoms with E-state index in [1.807, 2.05) is 24.3 Å². The highest BCUT2D eigenvalue weighted by molar-refractivity contribution is 5.98. The number of anilines is 4. The van der Waals surface area contributed by atoms with Crippen LogP contribution in [0.2, 0.25) is 0 Å². The van der Waals surface area contributed by atoms with Crippen molar-refractivity contribution >= 4 is 28.9 Å². The Morgan fingerprint density at radius 3 is 2.74 bits per heavy atom. The molecule has 3 N–H and O–H groups in total. The summed E-state index contributed by atoms with van der Waals surface area (Å²) in [7, 11) is 3.28. The van der Waals surface area contributed by atoms with E-state index < -0.39 is 0 Å². The van der Waals surface area contributed by atoms with Gasteiger partial charge in [-0.3, -0.25) is 9.69 Å². The van der Waals surface area contributed by atoms with Crippen LogP contribution in [0.4, 0.5) is 23.0 Å². The second-order valence-corrected chi connectivity index (χ2v) is 9.33. The standard InChI is InChI=1S/C28H33N7O4/c1-4-26(36)30-21-6-5-7-22(16-21)39-27-25(38-3)17-29-28(32-27)31-19-8-10-20(11-9-19)33-35-18-34-14-12-24(35)23(34)13-15-37-2/h4-11,16-17,23-24,33H,1,12-15,18H2,2-3H3,(H,30,36)(H,29,31,32)/t23-,24-/m0/s1. The Hall–Kier alpha value is -4.19. The van der Waals surface area contributed by atoms with Gasteiger partial charge in [0.25, 0.3) is 5.88 Å². The molecule has 5 rings (SSSR count). The van der Waals surface area contributed by atoms with Gasteiger partial charge >= 0.3 is 0 Å². The smallest absolute Gasteiger partial charge is 0.267 e. The van der Waals surface area contributed by atoms with Crippen molar-refractivity contribution in [1.82, 2.24) is 19.9 Å². The van der Waals surface area contributed by atoms with Crippen LogP contribution < -0.4 is 25.5 Å². The van der Waals surface area contributed by atoms with Gasteiger partial charge in [0.1, 0.15) is 5.75 Å². The van der Waals surface area contributed by atoms with Crippen LogP contribution in [0.25, 0.3) is 0 Å². The van der Waals surface area contributed by atoms with Crippen molar-refractivity contribution in [2.75, 3.05) is 50.1 Å². The summed E-state index contributed by atoms with van der Waals surface area (Å²) < 4.78 is 16.6. The number of nitrogens with one attached hydrogen (secondary N) is 3. The zero-order chi connectivity index (χ0) is 27.2. The first-order valence-electron chi connectivity index (χ1n) is 12.8. The van der Waals surface area contributed by atoms with Gasteiger partial charge in [0.05, 0.1) is 20.0 Å². The molecule has 2 aliphatic heterocycles. The summed E-state index contributed by atoms with van der Waals surface area (Å²) >= 11 is 0. The molecule has 11 nitrogen and oxygen atoms in total. The lowest BCUT2D eigenvalue weighted by molar-refractivity contribution is -0.111. The molecule has 3 heterocycles. The fourth-order valence-corrected chi connectivity index (χ4v) is 4.96. The van der Waals surface area contributed by atoms with Crippen molar-refractivity contribution in [2.24, 2.45) is 0 Å². The second-order valence-electron chi connectivity index (χ2n) is 9.33. The minimum absolute atomic E-state index is 0.239. The van der Waals surface area contributed by atoms with Crippen LogP contribution in [0.3, 0.4) is 0 Å². The molecule has 2 bridgehead atoms. The molecule has 2 aromatic carbocycles. The molecule has 0 aliphatic carbocycles. The predicted octanol–water partition coefficient (Wildman–Crippen LogP) is 4.23. The molecule has 3 atom stereocenters. The Balaban J connectivity index is 1.22. The molecule has 1 unspecified atom stereocenters. The maximum atomic E-state index is 11.6. The Labute approximate surface area is 227 Å². The topological polar surface area (TPSA) is 113 Å². The molecule has 0 spiro atoms. The highest BCUT2D eigenvalue weighted by Gasteiger charge is 2.44. The van der Waals surface area contributed by atoms with Gasteiger partial charge in [0.15, 0.2) is 5.75 Å². The summed E-state index contributed by atoms with van der Waals surface area (Å²) in [4.78, 5) is 23.0. The number of hydrogen-bond acceptors (Lipinski definition) is 10. The van der Waals surface area contributed by atoms with Gasteiger partial charge < -0.3 is 30.3 Å². The number of benzene rings is 2. The number of methoxy groups -OCH3 is 2. The first-order valence-corrected chi connectivity index (χ1v) is 12.8. The zero-order valence-corrected chi connectivity index (χ0v) is 22.1. The average Bonchev–Trinajstić information content (AvgIpc) is 3.49. The Morgan fingerprint density at radius 2 is 1.97 bits per heavy atom. The maximum Gasteiger partial charge on any atom is 0.267 e. The third-order valence-corrected chi connectivity index (χ3v) is 6.83. The zero-order valence-electron chi connectivity index (χ0n) is 22.1. The molecule has 11 heteroatoms. The van der Waals surface area contributed by atoms with Gasteiger partial charge in [-0.15, -0.1) is 0 Å². The van der Waals surface area contributed by atoms with Gasteiger partial charge in [0, 0.05) is 55.5 Å². The van der Waals surface area contributed by atoms with Crippen LogP contribution in [0.15, 0.2) is 67.4 Å². The predicted molar refractivity (Wildman–Crippen MR) is 149 cm³/mol. The van der Waals surface area contributed by atoms with Gasteiger partial charge in [-0.1, -0.05) is 12.6 Å². The van der Waals surface area contributed by atoms with Gasteiger partial charge in [-0.25, -0.2) is 9.99 Å². The second kappa shape index (κ2) is 12.1. The average molecular weight is 532 g/mol. The molecule has 204 valence electrons. The quantitative estimate of drug-likeness (QED) is 0.294. The van der Waals surface area contributed by atoms with E-state index in [0.717, 1.165) is 44.0 Å². The monoisotopic (exact) mass is 531 g/mol. The first-order chi connectivity index (χ1) is 19.1. The van der Waals surface area contributed by atoms with Gasteiger partial charge in [-0.05, 0) is 55.3 Å². The normalized spacial score (nSPS) is 19.9. The first kappa shape index (κ1) is 26.4. The molecule has 1 aromatic heterocycles. The summed E-state index contributed by atoms with van der Waals surface area (Å²) in [5, 5.41) is 8.24. The number of fused-ring (bicyclic) bond motifs is 2. The number of carbonyl (C=O) groups excluding carboxylic acids is 1. The van der Waals surface area contributed by atoms with E-state index in [1.165, 1.54) is 13.2 Å². The summed E-state index contributed by atoms with van der Waals surface area (Å²) in [6.07, 6.45) is 4.96. The van der Waals surface area contributed by atoms with Gasteiger partial charge in [0.2, 0.25) is 11.9 Å². The number of nitrogens with zero attached hydrogens (tertiary/aromatic N) is 4. The molecular formula is C28H33N7O4. The fourth-order valence-electron chi connectivity index (χ4n) is 4.96. The van der Waals surface area contributed by atoms with Crippen LogP contribution in [-0.4, -0.2) is 71.9 Å². The van der Waals surface area contributed by atoms with E-state index in [4.69, 9.17) is 14.2 Å². The number of hydrogen-bond donors (Lipinski definition) is 3. The largest absolute Gasteiger partial charge is 0.490 e. The van der Waals surface area contributed by atoms with Crippen molar-refractivity contribution < 1.29 is 19.0 Å². The lowest BCUT2D eigenvalue weighted by Crippen LogP contribution is -2.40. The lowest BCUT2D eigenvalue weighted by atomic mass is 10.1. The van der Waals surface area contributed by atoms with E-state index >= 15 is 0 Å². The Kier molecular flexibility index (Phi) is 8.21. The third-order valence-electron chi connectivity index (χ3n) is 6.83. The number of amides is 1. The molecule has 39 heavy (non-hydrogen) atoms. The summed E-state index contributed by atoms with van der Waals surface area (Å²) in [5.41, 5.74) is 5.98. The van der Waals surface area contributed by atoms with E-state index in [0.29, 0.717) is 35.2 Å². The SMILES string of the molecule is C=CC(=O)Nc1cccc(Oc2nc(Nc3ccc(NN4CN5CC[C@H]4[C@@H]5CCOC)cc3)ncc2OC)c1. The van der Waals surface area contributed by atoms with Crippen molar-refractivity contribution in [3.8, 4) is 17.4 Å². The lowest BCUT2D eigenvalue weighted by Gasteiger charge is -2.28. The number of ether oxygens (including phenoxy) is 3. The summed E-state index contributed by atoms with van der Waals surface area (Å²) in [6.45, 7) is 6.30. The molecule has 0 radical (unpaired) electrons. The van der Waals surface area contributed by atoms with Crippen LogP contribution in [0, 0.1) is 0 Å². The van der Waals surface area contributed by atoms with Crippen LogP contribution in [0.5, 0.6) is 17.4 Å². The summed E-state index contributed by atoms with van der Waals surface area (Å²) in [5.74, 6) is 1.14. The molecule has 2 aliphatic rings. The Morgan fingerprint density at radius 1 is 1.15 bits per heavy atom. The molecule has 0 saturated carbocycles. The van der Waals surface area contributed by atoms with Crippen molar-refractivity contribution in [3.63, 3.8) is 0 Å². The minimum atomic E-state index is -0.309. The number of aromatic nitrogens is 2. The summed E-state index contributed by atoms with van der Waals surface area (Å²) in [6, 6.07) is 16.0. The molecule has 2 saturated heterocycles. The van der Waals surface area contributed by atoms with Crippen LogP contribution in [-0.2, 0) is 9.53 Å². The van der Waals surface area contributed by atoms with Gasteiger partial charge in [-0.2, -0.15) is 4.98 Å². The number of carbonyl (C=O) groups is 1. The number of rotatable bonds is 12. The number of hydrazine groups is 1. The highest BCUT2D eigenvalue weighted by Crippen LogP contribution is 2.34. The van der Waals surface area contributed by atoms with Crippen LogP contribution in [0.1, 0.15) is 12.8 Å². The molecule has 3 aromatic rings. The maximum absolute atomic E-state index is 11.6. The molecule has 1 amide bonds. The van der Waals surface area contributed by atoms with E-state index in [9.17, 15) is 4.79 Å². The molecule has 2 fully saturated rings. The van der Waals surface area contributed by atoms with Crippen LogP contribution >= 0.6 is 0 Å². The molecular weight excluding hydrogens is 498 g/mol. The van der Waals surface area contributed by atoms with Crippen molar-refractivity contribution in [3.05, 3.63) is 67.4 Å². The fraction of sp³-hybridized carbons (Fsp3) is 0.321. The van der Waals surface area contributed by atoms with Crippen molar-refractivity contribution in [1.29, 1.82) is 0 Å². The minimum Gasteiger partial charge on any atom is -0.490 e. The highest BCUT2D eigenvalue weighted by atomic mass is 16.5. The van der Waals surface area contributed by atoms with E-state index in [-0.39, 0.29) is 11.8 Å². The van der Waals surface area contributed by atoms with E-state index in [2.05, 4.69) is 42.5 Å². The Bertz CT molecular complexity index is 1300. The van der Waals surface area contributed by atoms with Crippen molar-refractivity contribution in [2.45, 2.75) is 24.9 Å².